The lowest BCUT2D eigenvalue weighted by Crippen LogP contribution is -2.35. The van der Waals surface area contributed by atoms with Crippen molar-refractivity contribution in [3.8, 4) is 0 Å². The molecule has 0 amide bonds. The average molecular weight is 306 g/mol. The maximum Gasteiger partial charge on any atom is 0.0843 e. The average Bonchev–Trinajstić information content (AvgIpc) is 2.86. The van der Waals surface area contributed by atoms with E-state index in [1.165, 1.54) is 42.5 Å². The normalized spacial score (nSPS) is 20.2. The molecule has 1 aromatic heterocycles. The minimum atomic E-state index is 0.760. The number of likely N-dealkylation sites (tertiary alicyclic amines) is 1. The van der Waals surface area contributed by atoms with Crippen LogP contribution in [-0.2, 0) is 13.1 Å². The van der Waals surface area contributed by atoms with Crippen LogP contribution in [0.15, 0.2) is 24.3 Å². The van der Waals surface area contributed by atoms with Gasteiger partial charge in [0, 0.05) is 30.9 Å². The molecule has 3 nitrogen and oxygen atoms in total. The second-order valence-electron chi connectivity index (χ2n) is 6.00. The summed E-state index contributed by atoms with van der Waals surface area (Å²) in [6.07, 6.45) is 3.75. The highest BCUT2D eigenvalue weighted by molar-refractivity contribution is 6.17. The summed E-state index contributed by atoms with van der Waals surface area (Å²) in [5.41, 5.74) is 2.48. The summed E-state index contributed by atoms with van der Waals surface area (Å²) in [6.45, 7) is 6.40. The van der Waals surface area contributed by atoms with Crippen LogP contribution in [0.4, 0.5) is 0 Å². The number of hydrogen-bond acceptors (Lipinski definition) is 2. The number of piperidine rings is 1. The van der Waals surface area contributed by atoms with Gasteiger partial charge in [-0.3, -0.25) is 9.58 Å². The molecular weight excluding hydrogens is 282 g/mol. The van der Waals surface area contributed by atoms with Crippen LogP contribution in [0, 0.1) is 5.92 Å². The second kappa shape index (κ2) is 6.80. The maximum absolute atomic E-state index is 5.91. The SMILES string of the molecule is CCn1nc(CN2CCCC(CCCl)C2)c2ccccc21. The van der Waals surface area contributed by atoms with E-state index in [4.69, 9.17) is 16.7 Å². The number of halogens is 1. The molecule has 0 spiro atoms. The molecule has 114 valence electrons. The molecule has 1 atom stereocenters. The lowest BCUT2D eigenvalue weighted by molar-refractivity contribution is 0.163. The van der Waals surface area contributed by atoms with Gasteiger partial charge in [-0.25, -0.2) is 0 Å². The Morgan fingerprint density at radius 2 is 2.19 bits per heavy atom. The van der Waals surface area contributed by atoms with Crippen molar-refractivity contribution >= 4 is 22.5 Å². The molecule has 0 N–H and O–H groups in total. The summed E-state index contributed by atoms with van der Waals surface area (Å²) < 4.78 is 2.12. The summed E-state index contributed by atoms with van der Waals surface area (Å²) in [6, 6.07) is 8.57. The standard InChI is InChI=1S/C17H24ClN3/c1-2-21-17-8-4-3-7-15(17)16(19-21)13-20-11-5-6-14(12-20)9-10-18/h3-4,7-8,14H,2,5-6,9-13H2,1H3. The quantitative estimate of drug-likeness (QED) is 0.781. The second-order valence-corrected chi connectivity index (χ2v) is 6.38. The van der Waals surface area contributed by atoms with Crippen LogP contribution in [0.3, 0.4) is 0 Å². The fourth-order valence-corrected chi connectivity index (χ4v) is 3.76. The number of hydrogen-bond donors (Lipinski definition) is 0. The van der Waals surface area contributed by atoms with Crippen LogP contribution in [0.25, 0.3) is 10.9 Å². The molecule has 1 aromatic carbocycles. The first-order chi connectivity index (χ1) is 10.3. The van der Waals surface area contributed by atoms with Crippen molar-refractivity contribution in [1.82, 2.24) is 14.7 Å². The molecule has 21 heavy (non-hydrogen) atoms. The molecule has 2 heterocycles. The van der Waals surface area contributed by atoms with Crippen molar-refractivity contribution in [2.24, 2.45) is 5.92 Å². The van der Waals surface area contributed by atoms with Gasteiger partial charge < -0.3 is 0 Å². The number of fused-ring (bicyclic) bond motifs is 1. The van der Waals surface area contributed by atoms with Crippen molar-refractivity contribution < 1.29 is 0 Å². The van der Waals surface area contributed by atoms with E-state index < -0.39 is 0 Å². The lowest BCUT2D eigenvalue weighted by Gasteiger charge is -2.32. The van der Waals surface area contributed by atoms with Gasteiger partial charge in [0.15, 0.2) is 0 Å². The zero-order valence-electron chi connectivity index (χ0n) is 12.8. The van der Waals surface area contributed by atoms with E-state index in [-0.39, 0.29) is 0 Å². The third-order valence-electron chi connectivity index (χ3n) is 4.53. The van der Waals surface area contributed by atoms with Crippen molar-refractivity contribution in [3.63, 3.8) is 0 Å². The molecule has 1 aliphatic rings. The largest absolute Gasteiger partial charge is 0.297 e. The molecule has 1 unspecified atom stereocenters. The van der Waals surface area contributed by atoms with E-state index in [1.807, 2.05) is 0 Å². The Bertz CT molecular complexity index is 591. The van der Waals surface area contributed by atoms with E-state index in [2.05, 4.69) is 40.8 Å². The smallest absolute Gasteiger partial charge is 0.0843 e. The highest BCUT2D eigenvalue weighted by Crippen LogP contribution is 2.24. The zero-order chi connectivity index (χ0) is 14.7. The Labute approximate surface area is 131 Å². The van der Waals surface area contributed by atoms with Crippen LogP contribution in [0.5, 0.6) is 0 Å². The van der Waals surface area contributed by atoms with E-state index in [0.29, 0.717) is 0 Å². The van der Waals surface area contributed by atoms with Gasteiger partial charge in [-0.15, -0.1) is 11.6 Å². The number of para-hydroxylation sites is 1. The fourth-order valence-electron chi connectivity index (χ4n) is 3.45. The molecule has 0 aliphatic carbocycles. The Morgan fingerprint density at radius 1 is 1.33 bits per heavy atom. The fraction of sp³-hybridized carbons (Fsp3) is 0.588. The summed E-state index contributed by atoms with van der Waals surface area (Å²) in [7, 11) is 0. The molecule has 1 aliphatic heterocycles. The van der Waals surface area contributed by atoms with Gasteiger partial charge in [-0.1, -0.05) is 18.2 Å². The lowest BCUT2D eigenvalue weighted by atomic mass is 9.95. The molecule has 1 saturated heterocycles. The number of nitrogens with zero attached hydrogens (tertiary/aromatic N) is 3. The van der Waals surface area contributed by atoms with Gasteiger partial charge in [0.05, 0.1) is 11.2 Å². The summed E-state index contributed by atoms with van der Waals surface area (Å²) in [4.78, 5) is 2.55. The molecule has 0 bridgehead atoms. The van der Waals surface area contributed by atoms with Gasteiger partial charge in [0.2, 0.25) is 0 Å². The summed E-state index contributed by atoms with van der Waals surface area (Å²) in [5.74, 6) is 1.54. The van der Waals surface area contributed by atoms with Crippen molar-refractivity contribution in [3.05, 3.63) is 30.0 Å². The molecule has 0 radical (unpaired) electrons. The predicted octanol–water partition coefficient (Wildman–Crippen LogP) is 3.90. The summed E-state index contributed by atoms with van der Waals surface area (Å²) >= 11 is 5.91. The minimum Gasteiger partial charge on any atom is -0.297 e. The van der Waals surface area contributed by atoms with Gasteiger partial charge in [0.1, 0.15) is 0 Å². The number of aromatic nitrogens is 2. The molecule has 3 rings (SSSR count). The number of alkyl halides is 1. The number of benzene rings is 1. The number of aryl methyl sites for hydroxylation is 1. The third kappa shape index (κ3) is 3.24. The maximum atomic E-state index is 5.91. The molecule has 2 aromatic rings. The van der Waals surface area contributed by atoms with Gasteiger partial charge in [-0.2, -0.15) is 5.10 Å². The van der Waals surface area contributed by atoms with E-state index in [9.17, 15) is 0 Å². The first-order valence-corrected chi connectivity index (χ1v) is 8.58. The Balaban J connectivity index is 1.78. The minimum absolute atomic E-state index is 0.760. The number of rotatable bonds is 5. The van der Waals surface area contributed by atoms with Crippen LogP contribution in [0.2, 0.25) is 0 Å². The van der Waals surface area contributed by atoms with Gasteiger partial charge >= 0.3 is 0 Å². The van der Waals surface area contributed by atoms with Crippen LogP contribution in [0.1, 0.15) is 31.9 Å². The first kappa shape index (κ1) is 14.9. The summed E-state index contributed by atoms with van der Waals surface area (Å²) in [5, 5.41) is 6.13. The first-order valence-electron chi connectivity index (χ1n) is 8.04. The van der Waals surface area contributed by atoms with Crippen LogP contribution in [-0.4, -0.2) is 33.6 Å². The van der Waals surface area contributed by atoms with Gasteiger partial charge in [-0.05, 0) is 44.7 Å². The predicted molar refractivity (Wildman–Crippen MR) is 88.7 cm³/mol. The highest BCUT2D eigenvalue weighted by Gasteiger charge is 2.21. The van der Waals surface area contributed by atoms with E-state index in [1.54, 1.807) is 0 Å². The molecule has 1 fully saturated rings. The molecule has 4 heteroatoms. The Morgan fingerprint density at radius 3 is 3.00 bits per heavy atom. The molecule has 0 saturated carbocycles. The monoisotopic (exact) mass is 305 g/mol. The Kier molecular flexibility index (Phi) is 4.81. The van der Waals surface area contributed by atoms with E-state index in [0.717, 1.165) is 31.3 Å². The van der Waals surface area contributed by atoms with Crippen molar-refractivity contribution in [2.75, 3.05) is 19.0 Å². The van der Waals surface area contributed by atoms with Crippen molar-refractivity contribution in [1.29, 1.82) is 0 Å². The van der Waals surface area contributed by atoms with Crippen molar-refractivity contribution in [2.45, 2.75) is 39.3 Å². The zero-order valence-corrected chi connectivity index (χ0v) is 13.5. The highest BCUT2D eigenvalue weighted by atomic mass is 35.5. The van der Waals surface area contributed by atoms with Crippen LogP contribution < -0.4 is 0 Å². The Hall–Kier alpha value is -1.06. The third-order valence-corrected chi connectivity index (χ3v) is 4.75. The topological polar surface area (TPSA) is 21.1 Å². The van der Waals surface area contributed by atoms with Gasteiger partial charge in [0.25, 0.3) is 0 Å². The van der Waals surface area contributed by atoms with Crippen LogP contribution >= 0.6 is 11.6 Å². The molecular formula is C17H24ClN3. The van der Waals surface area contributed by atoms with E-state index >= 15 is 0 Å².